The number of hydrogen-bond donors (Lipinski definition) is 2. The number of rotatable bonds is 11. The molecule has 0 radical (unpaired) electrons. The monoisotopic (exact) mass is 492 g/mol. The maximum atomic E-state index is 13.4. The van der Waals surface area contributed by atoms with Crippen LogP contribution in [0.4, 0.5) is 0 Å². The van der Waals surface area contributed by atoms with Crippen molar-refractivity contribution in [1.29, 1.82) is 0 Å². The van der Waals surface area contributed by atoms with E-state index in [2.05, 4.69) is 5.32 Å². The molecule has 1 atom stereocenters. The molecule has 0 bridgehead atoms. The summed E-state index contributed by atoms with van der Waals surface area (Å²) in [4.78, 5) is 18.3. The number of hydrogen-bond acceptors (Lipinski definition) is 5. The number of aliphatic hydroxyl groups is 1. The zero-order chi connectivity index (χ0) is 24.5. The van der Waals surface area contributed by atoms with E-state index in [1.807, 2.05) is 78.9 Å². The third kappa shape index (κ3) is 6.62. The molecule has 1 amide bonds. The van der Waals surface area contributed by atoms with E-state index in [0.29, 0.717) is 49.1 Å². The molecule has 6 nitrogen and oxygen atoms in total. The fraction of sp³-hybridized carbons (Fsp3) is 0.286. The van der Waals surface area contributed by atoms with Crippen molar-refractivity contribution in [3.63, 3.8) is 0 Å². The van der Waals surface area contributed by atoms with Crippen LogP contribution in [0.25, 0.3) is 0 Å². The van der Waals surface area contributed by atoms with Crippen molar-refractivity contribution in [3.8, 4) is 5.75 Å². The van der Waals surface area contributed by atoms with E-state index in [1.54, 1.807) is 0 Å². The van der Waals surface area contributed by atoms with Gasteiger partial charge in [0.1, 0.15) is 12.4 Å². The molecule has 3 aromatic rings. The summed E-state index contributed by atoms with van der Waals surface area (Å²) in [5.41, 5.74) is 1.84. The number of carbonyl (C=O) groups excluding carboxylic acids is 1. The van der Waals surface area contributed by atoms with Gasteiger partial charge in [0.15, 0.2) is 5.54 Å². The Balaban J connectivity index is 1.49. The first-order valence-corrected chi connectivity index (χ1v) is 12.1. The zero-order valence-electron chi connectivity index (χ0n) is 19.5. The van der Waals surface area contributed by atoms with Crippen LogP contribution >= 0.6 is 11.6 Å². The second-order valence-electron chi connectivity index (χ2n) is 8.48. The number of halogens is 1. The molecular formula is C28H29ClN2O4. The Morgan fingerprint density at radius 3 is 2.49 bits per heavy atom. The maximum Gasteiger partial charge on any atom is 0.251 e. The number of ether oxygens (including phenoxy) is 2. The number of benzene rings is 3. The van der Waals surface area contributed by atoms with Crippen molar-refractivity contribution in [1.82, 2.24) is 5.32 Å². The van der Waals surface area contributed by atoms with Crippen molar-refractivity contribution in [2.24, 2.45) is 4.99 Å². The molecule has 35 heavy (non-hydrogen) atoms. The van der Waals surface area contributed by atoms with Crippen LogP contribution in [0.15, 0.2) is 83.9 Å². The second kappa shape index (κ2) is 11.9. The first kappa shape index (κ1) is 24.8. The van der Waals surface area contributed by atoms with Crippen molar-refractivity contribution in [2.75, 3.05) is 26.4 Å². The summed E-state index contributed by atoms with van der Waals surface area (Å²) >= 11 is 5.96. The van der Waals surface area contributed by atoms with E-state index in [1.165, 1.54) is 0 Å². The van der Waals surface area contributed by atoms with Gasteiger partial charge < -0.3 is 19.9 Å². The van der Waals surface area contributed by atoms with Gasteiger partial charge in [-0.25, -0.2) is 4.99 Å². The van der Waals surface area contributed by atoms with Gasteiger partial charge in [-0.3, -0.25) is 4.79 Å². The standard InChI is InChI=1S/C28H29ClN2O4/c29-24-11-7-21(8-12-24)15-16-30-27(33)28(19-22-5-2-1-3-6-22)20-35-26(31-28)23-9-13-25(14-10-23)34-18-4-17-32/h1-3,5-14,32H,4,15-20H2,(H,30,33)/t28-/m1/s1. The number of carbonyl (C=O) groups is 1. The highest BCUT2D eigenvalue weighted by atomic mass is 35.5. The van der Waals surface area contributed by atoms with Crippen molar-refractivity contribution in [3.05, 3.63) is 101 Å². The lowest BCUT2D eigenvalue weighted by molar-refractivity contribution is -0.126. The average molecular weight is 493 g/mol. The van der Waals surface area contributed by atoms with Crippen LogP contribution in [0.5, 0.6) is 5.75 Å². The minimum atomic E-state index is -1.05. The number of aliphatic hydroxyl groups excluding tert-OH is 1. The fourth-order valence-corrected chi connectivity index (χ4v) is 4.03. The molecule has 0 spiro atoms. The number of amides is 1. The topological polar surface area (TPSA) is 80.2 Å². The fourth-order valence-electron chi connectivity index (χ4n) is 3.90. The molecule has 0 unspecified atom stereocenters. The molecular weight excluding hydrogens is 464 g/mol. The number of nitrogens with zero attached hydrogens (tertiary/aromatic N) is 1. The Kier molecular flexibility index (Phi) is 8.40. The summed E-state index contributed by atoms with van der Waals surface area (Å²) in [7, 11) is 0. The minimum absolute atomic E-state index is 0.0913. The maximum absolute atomic E-state index is 13.4. The normalized spacial score (nSPS) is 16.9. The summed E-state index contributed by atoms with van der Waals surface area (Å²) in [5, 5.41) is 12.7. The van der Waals surface area contributed by atoms with E-state index >= 15 is 0 Å². The van der Waals surface area contributed by atoms with Crippen LogP contribution < -0.4 is 10.1 Å². The SMILES string of the molecule is O=C(NCCc1ccc(Cl)cc1)[C@@]1(Cc2ccccc2)COC(c2ccc(OCCCO)cc2)=N1. The van der Waals surface area contributed by atoms with Gasteiger partial charge in [-0.1, -0.05) is 54.1 Å². The molecule has 1 heterocycles. The smallest absolute Gasteiger partial charge is 0.251 e. The molecule has 0 saturated heterocycles. The number of nitrogens with one attached hydrogen (secondary N) is 1. The van der Waals surface area contributed by atoms with Crippen LogP contribution in [0.2, 0.25) is 5.02 Å². The molecule has 1 aliphatic rings. The third-order valence-corrected chi connectivity index (χ3v) is 6.06. The van der Waals surface area contributed by atoms with E-state index in [4.69, 9.17) is 31.2 Å². The lowest BCUT2D eigenvalue weighted by atomic mass is 9.91. The Bertz CT molecular complexity index is 1130. The van der Waals surface area contributed by atoms with E-state index in [-0.39, 0.29) is 19.1 Å². The molecule has 1 aliphatic heterocycles. The van der Waals surface area contributed by atoms with Crippen LogP contribution in [-0.4, -0.2) is 48.8 Å². The third-order valence-electron chi connectivity index (χ3n) is 5.81. The summed E-state index contributed by atoms with van der Waals surface area (Å²) in [6.45, 7) is 1.19. The van der Waals surface area contributed by atoms with Gasteiger partial charge in [-0.2, -0.15) is 0 Å². The van der Waals surface area contributed by atoms with Crippen molar-refractivity contribution >= 4 is 23.4 Å². The van der Waals surface area contributed by atoms with Gasteiger partial charge in [-0.15, -0.1) is 0 Å². The largest absolute Gasteiger partial charge is 0.494 e. The first-order valence-electron chi connectivity index (χ1n) is 11.7. The Labute approximate surface area is 210 Å². The lowest BCUT2D eigenvalue weighted by Crippen LogP contribution is -2.48. The summed E-state index contributed by atoms with van der Waals surface area (Å²) < 4.78 is 11.6. The predicted octanol–water partition coefficient (Wildman–Crippen LogP) is 4.22. The minimum Gasteiger partial charge on any atom is -0.494 e. The summed E-state index contributed by atoms with van der Waals surface area (Å²) in [6, 6.07) is 24.9. The van der Waals surface area contributed by atoms with Crippen LogP contribution in [0.3, 0.4) is 0 Å². The summed E-state index contributed by atoms with van der Waals surface area (Å²) in [6.07, 6.45) is 1.71. The molecule has 0 aromatic heterocycles. The Hall–Kier alpha value is -3.35. The molecule has 4 rings (SSSR count). The van der Waals surface area contributed by atoms with E-state index in [9.17, 15) is 4.79 Å². The van der Waals surface area contributed by atoms with Gasteiger partial charge in [0.25, 0.3) is 5.91 Å². The lowest BCUT2D eigenvalue weighted by Gasteiger charge is -2.23. The molecule has 2 N–H and O–H groups in total. The molecule has 3 aromatic carbocycles. The highest BCUT2D eigenvalue weighted by Crippen LogP contribution is 2.27. The molecule has 0 fully saturated rings. The summed E-state index contributed by atoms with van der Waals surface area (Å²) in [5.74, 6) is 0.987. The van der Waals surface area contributed by atoms with Crippen molar-refractivity contribution < 1.29 is 19.4 Å². The Morgan fingerprint density at radius 1 is 1.03 bits per heavy atom. The van der Waals surface area contributed by atoms with E-state index < -0.39 is 5.54 Å². The second-order valence-corrected chi connectivity index (χ2v) is 8.92. The molecule has 7 heteroatoms. The van der Waals surface area contributed by atoms with Crippen LogP contribution in [-0.2, 0) is 22.4 Å². The highest BCUT2D eigenvalue weighted by Gasteiger charge is 2.44. The molecule has 182 valence electrons. The molecule has 0 saturated carbocycles. The predicted molar refractivity (Wildman–Crippen MR) is 137 cm³/mol. The van der Waals surface area contributed by atoms with Crippen LogP contribution in [0, 0.1) is 0 Å². The van der Waals surface area contributed by atoms with Gasteiger partial charge in [0, 0.05) is 36.6 Å². The molecule has 0 aliphatic carbocycles. The van der Waals surface area contributed by atoms with Gasteiger partial charge in [0.2, 0.25) is 5.90 Å². The number of aliphatic imine (C=N–C) groups is 1. The Morgan fingerprint density at radius 2 is 1.77 bits per heavy atom. The van der Waals surface area contributed by atoms with Gasteiger partial charge >= 0.3 is 0 Å². The highest BCUT2D eigenvalue weighted by molar-refractivity contribution is 6.30. The quantitative estimate of drug-likeness (QED) is 0.393. The van der Waals surface area contributed by atoms with Gasteiger partial charge in [0.05, 0.1) is 6.61 Å². The van der Waals surface area contributed by atoms with Crippen molar-refractivity contribution in [2.45, 2.75) is 24.8 Å². The first-order chi connectivity index (χ1) is 17.1. The zero-order valence-corrected chi connectivity index (χ0v) is 20.2. The average Bonchev–Trinajstić information content (AvgIpc) is 3.31. The van der Waals surface area contributed by atoms with Gasteiger partial charge in [-0.05, 0) is 53.9 Å². The van der Waals surface area contributed by atoms with Crippen LogP contribution in [0.1, 0.15) is 23.1 Å². The van der Waals surface area contributed by atoms with E-state index in [0.717, 1.165) is 16.7 Å².